The molecule has 3 heterocycles. The maximum Gasteiger partial charge on any atom is 0.274 e. The minimum atomic E-state index is -0.0445. The van der Waals surface area contributed by atoms with Gasteiger partial charge in [0.15, 0.2) is 5.17 Å². The van der Waals surface area contributed by atoms with Gasteiger partial charge in [-0.1, -0.05) is 41.6 Å². The Bertz CT molecular complexity index is 1540. The summed E-state index contributed by atoms with van der Waals surface area (Å²) in [5.74, 6) is -0.0445. The van der Waals surface area contributed by atoms with Crippen LogP contribution < -0.4 is 9.80 Å². The predicted molar refractivity (Wildman–Crippen MR) is 150 cm³/mol. The minimum absolute atomic E-state index is 0.0445. The van der Waals surface area contributed by atoms with Crippen molar-refractivity contribution < 1.29 is 4.79 Å². The van der Waals surface area contributed by atoms with E-state index >= 15 is 0 Å². The molecule has 0 atom stereocenters. The van der Waals surface area contributed by atoms with E-state index in [0.717, 1.165) is 49.4 Å². The molecule has 0 unspecified atom stereocenters. The molecular formula is C27H22N4OS3. The van der Waals surface area contributed by atoms with Crippen LogP contribution in [0, 0.1) is 13.8 Å². The molecule has 1 fully saturated rings. The summed E-state index contributed by atoms with van der Waals surface area (Å²) in [6.07, 6.45) is 0. The predicted octanol–water partition coefficient (Wildman–Crippen LogP) is 7.48. The van der Waals surface area contributed by atoms with Crippen LogP contribution in [-0.2, 0) is 4.79 Å². The van der Waals surface area contributed by atoms with Crippen LogP contribution in [0.1, 0.15) is 17.5 Å². The molecule has 0 aliphatic carbocycles. The van der Waals surface area contributed by atoms with Crippen LogP contribution in [0.3, 0.4) is 0 Å². The average molecular weight is 515 g/mol. The molecule has 5 nitrogen and oxygen atoms in total. The van der Waals surface area contributed by atoms with E-state index in [1.165, 1.54) is 16.7 Å². The average Bonchev–Trinajstić information content (AvgIpc) is 3.51. The maximum atomic E-state index is 13.9. The van der Waals surface area contributed by atoms with Crippen molar-refractivity contribution in [3.05, 3.63) is 87.2 Å². The summed E-state index contributed by atoms with van der Waals surface area (Å²) >= 11 is 4.77. The fraction of sp³-hybridized carbons (Fsp3) is 0.148. The number of thioether (sulfide) groups is 2. The quantitative estimate of drug-likeness (QED) is 0.265. The molecule has 0 N–H and O–H groups in total. The van der Waals surface area contributed by atoms with E-state index in [-0.39, 0.29) is 5.91 Å². The molecule has 6 rings (SSSR count). The fourth-order valence-corrected chi connectivity index (χ4v) is 7.43. The number of aromatic nitrogens is 1. The van der Waals surface area contributed by atoms with Gasteiger partial charge in [0.05, 0.1) is 32.3 Å². The second kappa shape index (κ2) is 8.86. The second-order valence-electron chi connectivity index (χ2n) is 8.31. The van der Waals surface area contributed by atoms with Crippen molar-refractivity contribution in [2.24, 2.45) is 4.99 Å². The molecule has 0 bridgehead atoms. The number of hydrogen-bond donors (Lipinski definition) is 0. The zero-order valence-electron chi connectivity index (χ0n) is 19.5. The third kappa shape index (κ3) is 3.95. The lowest BCUT2D eigenvalue weighted by Gasteiger charge is -2.19. The number of fused-ring (bicyclic) bond motifs is 2. The molecule has 0 spiro atoms. The Kier molecular flexibility index (Phi) is 5.67. The number of para-hydroxylation sites is 1. The van der Waals surface area contributed by atoms with Gasteiger partial charge in [0, 0.05) is 11.4 Å². The number of amides is 1. The monoisotopic (exact) mass is 514 g/mol. The molecule has 0 saturated carbocycles. The Labute approximate surface area is 216 Å². The van der Waals surface area contributed by atoms with E-state index in [9.17, 15) is 4.79 Å². The van der Waals surface area contributed by atoms with Crippen molar-refractivity contribution in [2.45, 2.75) is 25.7 Å². The van der Waals surface area contributed by atoms with E-state index in [1.807, 2.05) is 62.4 Å². The van der Waals surface area contributed by atoms with E-state index in [2.05, 4.69) is 35.0 Å². The molecule has 2 aliphatic heterocycles. The Morgan fingerprint density at radius 1 is 0.971 bits per heavy atom. The van der Waals surface area contributed by atoms with Crippen molar-refractivity contribution in [1.29, 1.82) is 0 Å². The first-order valence-corrected chi connectivity index (χ1v) is 13.8. The molecule has 1 saturated heterocycles. The molecule has 1 amide bonds. The summed E-state index contributed by atoms with van der Waals surface area (Å²) < 4.78 is 1.14. The maximum absolute atomic E-state index is 13.9. The summed E-state index contributed by atoms with van der Waals surface area (Å²) in [7, 11) is 0. The number of amidine groups is 1. The van der Waals surface area contributed by atoms with Crippen LogP contribution in [0.4, 0.5) is 17.1 Å². The van der Waals surface area contributed by atoms with Gasteiger partial charge >= 0.3 is 0 Å². The molecular weight excluding hydrogens is 493 g/mol. The van der Waals surface area contributed by atoms with Crippen molar-refractivity contribution >= 4 is 73.2 Å². The normalized spacial score (nSPS) is 18.8. The molecule has 0 radical (unpaired) electrons. The second-order valence-corrected chi connectivity index (χ2v) is 11.5. The van der Waals surface area contributed by atoms with Crippen molar-refractivity contribution in [1.82, 2.24) is 4.98 Å². The number of carbonyl (C=O) groups is 1. The molecule has 174 valence electrons. The number of benzene rings is 3. The van der Waals surface area contributed by atoms with Gasteiger partial charge in [-0.15, -0.1) is 11.3 Å². The largest absolute Gasteiger partial charge is 0.334 e. The lowest BCUT2D eigenvalue weighted by Crippen LogP contribution is -2.29. The molecule has 3 aromatic carbocycles. The number of aryl methyl sites for hydroxylation is 2. The van der Waals surface area contributed by atoms with Crippen molar-refractivity contribution in [3.63, 3.8) is 0 Å². The minimum Gasteiger partial charge on any atom is -0.334 e. The first-order valence-electron chi connectivity index (χ1n) is 11.4. The number of rotatable bonds is 3. The lowest BCUT2D eigenvalue weighted by molar-refractivity contribution is -0.113. The lowest BCUT2D eigenvalue weighted by atomic mass is 10.2. The van der Waals surface area contributed by atoms with E-state index in [1.54, 1.807) is 28.0 Å². The first-order chi connectivity index (χ1) is 17.0. The summed E-state index contributed by atoms with van der Waals surface area (Å²) in [6, 6.07) is 22.4. The Hall–Kier alpha value is -3.07. The van der Waals surface area contributed by atoms with E-state index < -0.39 is 0 Å². The zero-order chi connectivity index (χ0) is 24.1. The third-order valence-electron chi connectivity index (χ3n) is 5.90. The number of anilines is 2. The molecule has 4 aromatic rings. The summed E-state index contributed by atoms with van der Waals surface area (Å²) in [4.78, 5) is 29.3. The van der Waals surface area contributed by atoms with Crippen molar-refractivity contribution in [3.8, 4) is 0 Å². The van der Waals surface area contributed by atoms with Crippen LogP contribution in [-0.4, -0.2) is 22.6 Å². The van der Waals surface area contributed by atoms with Crippen LogP contribution in [0.15, 0.2) is 86.6 Å². The van der Waals surface area contributed by atoms with Gasteiger partial charge in [-0.2, -0.15) is 0 Å². The van der Waals surface area contributed by atoms with Crippen LogP contribution in [0.5, 0.6) is 0 Å². The van der Waals surface area contributed by atoms with Gasteiger partial charge in [0.25, 0.3) is 5.91 Å². The topological polar surface area (TPSA) is 48.8 Å². The van der Waals surface area contributed by atoms with Gasteiger partial charge in [-0.3, -0.25) is 9.69 Å². The Morgan fingerprint density at radius 3 is 2.57 bits per heavy atom. The van der Waals surface area contributed by atoms with Crippen molar-refractivity contribution in [2.75, 3.05) is 16.3 Å². The van der Waals surface area contributed by atoms with Crippen LogP contribution in [0.2, 0.25) is 0 Å². The highest BCUT2D eigenvalue weighted by molar-refractivity contribution is 8.20. The fourth-order valence-electron chi connectivity index (χ4n) is 4.23. The highest BCUT2D eigenvalue weighted by Gasteiger charge is 2.40. The summed E-state index contributed by atoms with van der Waals surface area (Å²) in [5, 5.41) is 2.65. The number of nitrogens with zero attached hydrogens (tertiary/aromatic N) is 4. The SMILES string of the molecule is CCN1/C(=C2/SC(=Nc3ccc4sc(C)nc4c3)N(c3ccc(C)cc3)C2=O)Sc2ccccc21. The zero-order valence-corrected chi connectivity index (χ0v) is 21.9. The standard InChI is InChI=1S/C27H22N4OS3/c1-4-30-21-7-5-6-8-23(21)34-26(30)24-25(32)31(19-12-9-16(2)10-13-19)27(35-24)29-18-11-14-22-20(15-18)28-17(3)33-22/h5-15H,4H2,1-3H3/b26-24-,29-27?. The highest BCUT2D eigenvalue weighted by atomic mass is 32.2. The Balaban J connectivity index is 1.47. The van der Waals surface area contributed by atoms with Crippen LogP contribution >= 0.6 is 34.9 Å². The molecule has 8 heteroatoms. The first kappa shape index (κ1) is 22.4. The smallest absolute Gasteiger partial charge is 0.274 e. The highest BCUT2D eigenvalue weighted by Crippen LogP contribution is 2.51. The van der Waals surface area contributed by atoms with Crippen LogP contribution in [0.25, 0.3) is 10.2 Å². The third-order valence-corrected chi connectivity index (χ3v) is 9.19. The number of thiazole rings is 1. The van der Waals surface area contributed by atoms with Gasteiger partial charge in [-0.05, 0) is 75.0 Å². The molecule has 2 aliphatic rings. The van der Waals surface area contributed by atoms with E-state index in [4.69, 9.17) is 4.99 Å². The number of carbonyl (C=O) groups excluding carboxylic acids is 1. The summed E-state index contributed by atoms with van der Waals surface area (Å²) in [6.45, 7) is 6.96. The Morgan fingerprint density at radius 2 is 1.77 bits per heavy atom. The number of aliphatic imine (C=N–C) groups is 1. The molecule has 35 heavy (non-hydrogen) atoms. The van der Waals surface area contributed by atoms with Gasteiger partial charge in [-0.25, -0.2) is 9.98 Å². The van der Waals surface area contributed by atoms with Gasteiger partial charge in [0.1, 0.15) is 9.93 Å². The van der Waals surface area contributed by atoms with Gasteiger partial charge in [0.2, 0.25) is 0 Å². The van der Waals surface area contributed by atoms with Gasteiger partial charge < -0.3 is 4.90 Å². The summed E-state index contributed by atoms with van der Waals surface area (Å²) in [5.41, 5.74) is 4.83. The van der Waals surface area contributed by atoms with E-state index in [0.29, 0.717) is 10.1 Å². The number of hydrogen-bond acceptors (Lipinski definition) is 7. The molecule has 1 aromatic heterocycles.